The van der Waals surface area contributed by atoms with E-state index in [-0.39, 0.29) is 11.7 Å². The van der Waals surface area contributed by atoms with E-state index < -0.39 is 5.97 Å². The molecule has 2 heterocycles. The third kappa shape index (κ3) is 5.42. The van der Waals surface area contributed by atoms with Gasteiger partial charge in [-0.25, -0.2) is 9.78 Å². The summed E-state index contributed by atoms with van der Waals surface area (Å²) in [5.74, 6) is 0.327. The highest BCUT2D eigenvalue weighted by Crippen LogP contribution is 2.24. The van der Waals surface area contributed by atoms with Crippen LogP contribution in [0.1, 0.15) is 33.7 Å². The van der Waals surface area contributed by atoms with E-state index in [1.165, 1.54) is 11.8 Å². The lowest BCUT2D eigenvalue weighted by atomic mass is 10.1. The summed E-state index contributed by atoms with van der Waals surface area (Å²) in [6.07, 6.45) is 0.673. The van der Waals surface area contributed by atoms with Gasteiger partial charge < -0.3 is 14.6 Å². The Labute approximate surface area is 176 Å². The number of carbonyl (C=O) groups is 2. The maximum atomic E-state index is 12.3. The third-order valence-electron chi connectivity index (χ3n) is 3.97. The third-order valence-corrected chi connectivity index (χ3v) is 6.04. The number of amides is 1. The van der Waals surface area contributed by atoms with Crippen molar-refractivity contribution >= 4 is 40.1 Å². The number of anilines is 1. The number of hydrogen-bond acceptors (Lipinski definition) is 8. The molecule has 29 heavy (non-hydrogen) atoms. The number of aromatic nitrogens is 4. The van der Waals surface area contributed by atoms with Gasteiger partial charge in [0, 0.05) is 13.5 Å². The highest BCUT2D eigenvalue weighted by molar-refractivity contribution is 7.99. The first kappa shape index (κ1) is 21.0. The van der Waals surface area contributed by atoms with Crippen molar-refractivity contribution in [1.82, 2.24) is 19.7 Å². The molecule has 2 aromatic heterocycles. The van der Waals surface area contributed by atoms with Gasteiger partial charge in [0.05, 0.1) is 18.1 Å². The minimum atomic E-state index is -0.428. The highest BCUT2D eigenvalue weighted by atomic mass is 32.2. The second-order valence-corrected chi connectivity index (χ2v) is 8.05. The van der Waals surface area contributed by atoms with Gasteiger partial charge in [-0.2, -0.15) is 0 Å². The molecule has 0 unspecified atom stereocenters. The van der Waals surface area contributed by atoms with E-state index in [0.29, 0.717) is 33.9 Å². The maximum Gasteiger partial charge on any atom is 0.350 e. The van der Waals surface area contributed by atoms with E-state index in [0.717, 1.165) is 22.7 Å². The number of rotatable bonds is 8. The molecule has 0 aliphatic rings. The fourth-order valence-electron chi connectivity index (χ4n) is 2.52. The SMILES string of the molecule is CCOC(=O)c1sc(NC(=O)CSc2nnc(Cc3ccccc3)n2C)nc1C. The molecule has 152 valence electrons. The molecule has 1 amide bonds. The summed E-state index contributed by atoms with van der Waals surface area (Å²) in [7, 11) is 1.88. The number of benzene rings is 1. The van der Waals surface area contributed by atoms with E-state index in [9.17, 15) is 9.59 Å². The summed E-state index contributed by atoms with van der Waals surface area (Å²) < 4.78 is 6.87. The number of aryl methyl sites for hydroxylation is 1. The maximum absolute atomic E-state index is 12.3. The van der Waals surface area contributed by atoms with Crippen LogP contribution in [0.15, 0.2) is 35.5 Å². The Kier molecular flexibility index (Phi) is 6.99. The number of nitrogens with one attached hydrogen (secondary N) is 1. The van der Waals surface area contributed by atoms with Crippen molar-refractivity contribution in [3.05, 3.63) is 52.3 Å². The molecule has 3 aromatic rings. The highest BCUT2D eigenvalue weighted by Gasteiger charge is 2.18. The smallest absolute Gasteiger partial charge is 0.350 e. The summed E-state index contributed by atoms with van der Waals surface area (Å²) in [4.78, 5) is 28.7. The minimum absolute atomic E-state index is 0.157. The zero-order chi connectivity index (χ0) is 20.8. The fraction of sp³-hybridized carbons (Fsp3) is 0.316. The molecule has 0 spiro atoms. The summed E-state index contributed by atoms with van der Waals surface area (Å²) in [6, 6.07) is 10.0. The van der Waals surface area contributed by atoms with Gasteiger partial charge in [0.1, 0.15) is 10.7 Å². The van der Waals surface area contributed by atoms with Crippen molar-refractivity contribution in [2.24, 2.45) is 7.05 Å². The van der Waals surface area contributed by atoms with Crippen LogP contribution in [0.25, 0.3) is 0 Å². The topological polar surface area (TPSA) is 99.0 Å². The summed E-state index contributed by atoms with van der Waals surface area (Å²) in [5, 5.41) is 12.2. The van der Waals surface area contributed by atoms with Crippen LogP contribution >= 0.6 is 23.1 Å². The number of thioether (sulfide) groups is 1. The largest absolute Gasteiger partial charge is 0.462 e. The number of thiazole rings is 1. The van der Waals surface area contributed by atoms with Crippen LogP contribution in [0.4, 0.5) is 5.13 Å². The molecule has 1 aromatic carbocycles. The van der Waals surface area contributed by atoms with Crippen LogP contribution in [-0.4, -0.2) is 44.0 Å². The fourth-order valence-corrected chi connectivity index (χ4v) is 4.13. The lowest BCUT2D eigenvalue weighted by Crippen LogP contribution is -2.14. The zero-order valence-corrected chi connectivity index (χ0v) is 18.0. The van der Waals surface area contributed by atoms with Gasteiger partial charge in [0.2, 0.25) is 5.91 Å². The van der Waals surface area contributed by atoms with Crippen molar-refractivity contribution in [2.45, 2.75) is 25.4 Å². The van der Waals surface area contributed by atoms with Crippen LogP contribution in [-0.2, 0) is 23.0 Å². The van der Waals surface area contributed by atoms with Crippen LogP contribution < -0.4 is 5.32 Å². The van der Waals surface area contributed by atoms with Gasteiger partial charge >= 0.3 is 5.97 Å². The first-order valence-electron chi connectivity index (χ1n) is 8.97. The van der Waals surface area contributed by atoms with Crippen LogP contribution in [0.3, 0.4) is 0 Å². The molecular formula is C19H21N5O3S2. The second-order valence-electron chi connectivity index (χ2n) is 6.11. The van der Waals surface area contributed by atoms with Crippen molar-refractivity contribution in [3.63, 3.8) is 0 Å². The summed E-state index contributed by atoms with van der Waals surface area (Å²) >= 11 is 2.40. The molecule has 0 bridgehead atoms. The molecule has 1 N–H and O–H groups in total. The lowest BCUT2D eigenvalue weighted by Gasteiger charge is -2.04. The van der Waals surface area contributed by atoms with Gasteiger partial charge in [-0.05, 0) is 19.4 Å². The van der Waals surface area contributed by atoms with Crippen molar-refractivity contribution in [3.8, 4) is 0 Å². The van der Waals surface area contributed by atoms with Gasteiger partial charge in [0.25, 0.3) is 0 Å². The van der Waals surface area contributed by atoms with Crippen LogP contribution in [0.2, 0.25) is 0 Å². The minimum Gasteiger partial charge on any atom is -0.462 e. The molecule has 10 heteroatoms. The Balaban J connectivity index is 1.56. The number of esters is 1. The number of hydrogen-bond donors (Lipinski definition) is 1. The standard InChI is InChI=1S/C19H21N5O3S2/c1-4-27-17(26)16-12(2)20-18(29-16)21-15(25)11-28-19-23-22-14(24(19)3)10-13-8-6-5-7-9-13/h5-9H,4,10-11H2,1-3H3,(H,20,21,25). The predicted octanol–water partition coefficient (Wildman–Crippen LogP) is 3.08. The Morgan fingerprint density at radius 2 is 2.00 bits per heavy atom. The molecule has 0 aliphatic carbocycles. The van der Waals surface area contributed by atoms with Gasteiger partial charge in [-0.1, -0.05) is 53.4 Å². The number of nitrogens with zero attached hydrogens (tertiary/aromatic N) is 4. The van der Waals surface area contributed by atoms with E-state index in [4.69, 9.17) is 4.74 Å². The van der Waals surface area contributed by atoms with Crippen LogP contribution in [0, 0.1) is 6.92 Å². The van der Waals surface area contributed by atoms with E-state index >= 15 is 0 Å². The number of carbonyl (C=O) groups excluding carboxylic acids is 2. The van der Waals surface area contributed by atoms with Crippen molar-refractivity contribution < 1.29 is 14.3 Å². The lowest BCUT2D eigenvalue weighted by molar-refractivity contribution is -0.113. The molecule has 0 radical (unpaired) electrons. The van der Waals surface area contributed by atoms with Gasteiger partial charge in [-0.15, -0.1) is 10.2 Å². The van der Waals surface area contributed by atoms with E-state index in [2.05, 4.69) is 20.5 Å². The molecule has 0 saturated heterocycles. The van der Waals surface area contributed by atoms with Gasteiger partial charge in [-0.3, -0.25) is 4.79 Å². The Morgan fingerprint density at radius 3 is 2.72 bits per heavy atom. The number of ether oxygens (including phenoxy) is 1. The first-order chi connectivity index (χ1) is 14.0. The first-order valence-corrected chi connectivity index (χ1v) is 10.8. The Hall–Kier alpha value is -2.72. The molecule has 0 aliphatic heterocycles. The van der Waals surface area contributed by atoms with Crippen molar-refractivity contribution in [2.75, 3.05) is 17.7 Å². The molecule has 0 saturated carbocycles. The average Bonchev–Trinajstić information content (AvgIpc) is 3.24. The summed E-state index contributed by atoms with van der Waals surface area (Å²) in [5.41, 5.74) is 1.68. The van der Waals surface area contributed by atoms with Crippen molar-refractivity contribution in [1.29, 1.82) is 0 Å². The molecule has 3 rings (SSSR count). The average molecular weight is 432 g/mol. The van der Waals surface area contributed by atoms with Crippen LogP contribution in [0.5, 0.6) is 0 Å². The quantitative estimate of drug-likeness (QED) is 0.432. The normalized spacial score (nSPS) is 10.7. The molecule has 8 nitrogen and oxygen atoms in total. The molecular weight excluding hydrogens is 410 g/mol. The summed E-state index contributed by atoms with van der Waals surface area (Å²) in [6.45, 7) is 3.74. The zero-order valence-electron chi connectivity index (χ0n) is 16.3. The monoisotopic (exact) mass is 431 g/mol. The Bertz CT molecular complexity index is 1000. The van der Waals surface area contributed by atoms with Gasteiger partial charge in [0.15, 0.2) is 10.3 Å². The molecule has 0 fully saturated rings. The van der Waals surface area contributed by atoms with E-state index in [1.54, 1.807) is 13.8 Å². The second kappa shape index (κ2) is 9.66. The molecule has 0 atom stereocenters. The van der Waals surface area contributed by atoms with E-state index in [1.807, 2.05) is 41.9 Å². The Morgan fingerprint density at radius 1 is 1.24 bits per heavy atom. The predicted molar refractivity (Wildman–Crippen MR) is 112 cm³/mol.